The van der Waals surface area contributed by atoms with Gasteiger partial charge in [-0.2, -0.15) is 0 Å². The molecule has 120 valence electrons. The van der Waals surface area contributed by atoms with E-state index in [0.717, 1.165) is 0 Å². The van der Waals surface area contributed by atoms with Crippen molar-refractivity contribution in [3.8, 4) is 0 Å². The molecule has 0 aliphatic carbocycles. The molecule has 0 aromatic heterocycles. The summed E-state index contributed by atoms with van der Waals surface area (Å²) < 4.78 is 0. The van der Waals surface area contributed by atoms with Crippen LogP contribution in [0.15, 0.2) is 12.2 Å². The average Bonchev–Trinajstić information content (AvgIpc) is 2.23. The fourth-order valence-electron chi connectivity index (χ4n) is 3.37. The molecule has 0 aliphatic heterocycles. The minimum Gasteiger partial charge on any atom is -0.0823 e. The van der Waals surface area contributed by atoms with Crippen LogP contribution >= 0.6 is 0 Å². The Labute approximate surface area is 129 Å². The molecule has 0 aromatic carbocycles. The van der Waals surface area contributed by atoms with Crippen LogP contribution < -0.4 is 0 Å². The molecule has 0 heteroatoms. The lowest BCUT2D eigenvalue weighted by Crippen LogP contribution is -2.24. The highest BCUT2D eigenvalue weighted by molar-refractivity contribution is 5.05. The molecular formula is C20H40. The minimum atomic E-state index is 0.283. The number of hydrogen-bond donors (Lipinski definition) is 0. The summed E-state index contributed by atoms with van der Waals surface area (Å²) >= 11 is 0. The van der Waals surface area contributed by atoms with Gasteiger partial charge in [0.2, 0.25) is 0 Å². The molecule has 0 spiro atoms. The summed E-state index contributed by atoms with van der Waals surface area (Å²) in [6, 6.07) is 0. The van der Waals surface area contributed by atoms with Gasteiger partial charge in [0.15, 0.2) is 0 Å². The van der Waals surface area contributed by atoms with E-state index in [4.69, 9.17) is 0 Å². The van der Waals surface area contributed by atoms with E-state index in [0.29, 0.717) is 16.2 Å². The van der Waals surface area contributed by atoms with Crippen molar-refractivity contribution in [2.24, 2.45) is 21.7 Å². The standard InChI is InChI=1S/C20H40/c1-11-18(6,7)16-20(10,12-2)14-13-19(8,9)15-17(3,4)5/h13-14H,11-12,15-16H2,1-10H3. The first kappa shape index (κ1) is 19.7. The van der Waals surface area contributed by atoms with Crippen molar-refractivity contribution in [1.82, 2.24) is 0 Å². The van der Waals surface area contributed by atoms with Crippen molar-refractivity contribution in [2.45, 2.75) is 94.9 Å². The van der Waals surface area contributed by atoms with E-state index in [1.165, 1.54) is 25.7 Å². The summed E-state index contributed by atoms with van der Waals surface area (Å²) in [5.74, 6) is 0. The second-order valence-electron chi connectivity index (χ2n) is 9.76. The third-order valence-electron chi connectivity index (χ3n) is 4.57. The molecule has 0 bridgehead atoms. The molecule has 1 atom stereocenters. The lowest BCUT2D eigenvalue weighted by atomic mass is 9.69. The van der Waals surface area contributed by atoms with Crippen LogP contribution in [0, 0.1) is 21.7 Å². The van der Waals surface area contributed by atoms with Gasteiger partial charge in [-0.25, -0.2) is 0 Å². The van der Waals surface area contributed by atoms with Gasteiger partial charge in [0.05, 0.1) is 0 Å². The molecule has 0 saturated carbocycles. The summed E-state index contributed by atoms with van der Waals surface area (Å²) in [7, 11) is 0. The molecule has 0 rings (SSSR count). The molecule has 0 aromatic rings. The molecule has 0 saturated heterocycles. The molecule has 0 N–H and O–H groups in total. The summed E-state index contributed by atoms with van der Waals surface area (Å²) in [6.07, 6.45) is 9.96. The van der Waals surface area contributed by atoms with Crippen molar-refractivity contribution in [1.29, 1.82) is 0 Å². The van der Waals surface area contributed by atoms with Gasteiger partial charge in [0, 0.05) is 0 Å². The Hall–Kier alpha value is -0.260. The number of rotatable bonds is 7. The second kappa shape index (κ2) is 6.67. The fourth-order valence-corrected chi connectivity index (χ4v) is 3.37. The Morgan fingerprint density at radius 1 is 0.650 bits per heavy atom. The van der Waals surface area contributed by atoms with Crippen molar-refractivity contribution in [2.75, 3.05) is 0 Å². The smallest absolute Gasteiger partial charge is 0.0144 e. The van der Waals surface area contributed by atoms with Gasteiger partial charge in [0.1, 0.15) is 0 Å². The van der Waals surface area contributed by atoms with E-state index >= 15 is 0 Å². The molecule has 0 aliphatic rings. The summed E-state index contributed by atoms with van der Waals surface area (Å²) in [6.45, 7) is 23.6. The van der Waals surface area contributed by atoms with Gasteiger partial charge in [-0.15, -0.1) is 0 Å². The van der Waals surface area contributed by atoms with Gasteiger partial charge in [-0.3, -0.25) is 0 Å². The first-order chi connectivity index (χ1) is 8.74. The Morgan fingerprint density at radius 3 is 1.50 bits per heavy atom. The van der Waals surface area contributed by atoms with Crippen LogP contribution in [0.25, 0.3) is 0 Å². The van der Waals surface area contributed by atoms with Gasteiger partial charge in [0.25, 0.3) is 0 Å². The highest BCUT2D eigenvalue weighted by atomic mass is 14.3. The highest BCUT2D eigenvalue weighted by Crippen LogP contribution is 2.41. The Morgan fingerprint density at radius 2 is 1.15 bits per heavy atom. The molecule has 0 fully saturated rings. The van der Waals surface area contributed by atoms with E-state index in [9.17, 15) is 0 Å². The van der Waals surface area contributed by atoms with Crippen molar-refractivity contribution in [3.63, 3.8) is 0 Å². The normalized spacial score (nSPS) is 17.5. The van der Waals surface area contributed by atoms with E-state index < -0.39 is 0 Å². The largest absolute Gasteiger partial charge is 0.0823 e. The van der Waals surface area contributed by atoms with Crippen LogP contribution in [0.1, 0.15) is 94.9 Å². The zero-order valence-electron chi connectivity index (χ0n) is 16.0. The topological polar surface area (TPSA) is 0 Å². The lowest BCUT2D eigenvalue weighted by molar-refractivity contribution is 0.205. The Kier molecular flexibility index (Phi) is 6.58. The zero-order valence-corrected chi connectivity index (χ0v) is 16.0. The van der Waals surface area contributed by atoms with Gasteiger partial charge >= 0.3 is 0 Å². The van der Waals surface area contributed by atoms with Gasteiger partial charge in [-0.1, -0.05) is 87.8 Å². The predicted molar refractivity (Wildman–Crippen MR) is 94.1 cm³/mol. The molecule has 0 heterocycles. The second-order valence-corrected chi connectivity index (χ2v) is 9.76. The minimum absolute atomic E-state index is 0.283. The highest BCUT2D eigenvalue weighted by Gasteiger charge is 2.29. The summed E-state index contributed by atoms with van der Waals surface area (Å²) in [5, 5.41) is 0. The van der Waals surface area contributed by atoms with Crippen LogP contribution in [-0.2, 0) is 0 Å². The fraction of sp³-hybridized carbons (Fsp3) is 0.900. The maximum absolute atomic E-state index is 2.51. The molecule has 0 amide bonds. The molecule has 0 radical (unpaired) electrons. The van der Waals surface area contributed by atoms with Crippen LogP contribution in [0.4, 0.5) is 0 Å². The lowest BCUT2D eigenvalue weighted by Gasteiger charge is -2.36. The third kappa shape index (κ3) is 8.12. The maximum atomic E-state index is 2.51. The van der Waals surface area contributed by atoms with Crippen molar-refractivity contribution < 1.29 is 0 Å². The predicted octanol–water partition coefficient (Wildman–Crippen LogP) is 7.25. The maximum Gasteiger partial charge on any atom is -0.0144 e. The third-order valence-corrected chi connectivity index (χ3v) is 4.57. The van der Waals surface area contributed by atoms with Crippen LogP contribution in [0.3, 0.4) is 0 Å². The SMILES string of the molecule is CCC(C)(C)CC(C)(C=CC(C)(C)CC(C)(C)C)CC. The molecular weight excluding hydrogens is 240 g/mol. The zero-order chi connectivity index (χ0) is 16.2. The summed E-state index contributed by atoms with van der Waals surface area (Å²) in [5.41, 5.74) is 1.43. The summed E-state index contributed by atoms with van der Waals surface area (Å²) in [4.78, 5) is 0. The Balaban J connectivity index is 4.98. The number of allylic oxidation sites excluding steroid dienone is 2. The van der Waals surface area contributed by atoms with E-state index in [1.54, 1.807) is 0 Å². The van der Waals surface area contributed by atoms with Crippen LogP contribution in [0.2, 0.25) is 0 Å². The van der Waals surface area contributed by atoms with Crippen molar-refractivity contribution in [3.05, 3.63) is 12.2 Å². The molecule has 1 unspecified atom stereocenters. The average molecular weight is 281 g/mol. The van der Waals surface area contributed by atoms with E-state index in [-0.39, 0.29) is 5.41 Å². The van der Waals surface area contributed by atoms with E-state index in [1.807, 2.05) is 0 Å². The molecule has 0 nitrogen and oxygen atoms in total. The first-order valence-electron chi connectivity index (χ1n) is 8.45. The molecule has 20 heavy (non-hydrogen) atoms. The Bertz CT molecular complexity index is 311. The van der Waals surface area contributed by atoms with Gasteiger partial charge in [-0.05, 0) is 40.9 Å². The quantitative estimate of drug-likeness (QED) is 0.431. The van der Waals surface area contributed by atoms with E-state index in [2.05, 4.69) is 81.4 Å². The monoisotopic (exact) mass is 280 g/mol. The van der Waals surface area contributed by atoms with Crippen LogP contribution in [-0.4, -0.2) is 0 Å². The van der Waals surface area contributed by atoms with Crippen LogP contribution in [0.5, 0.6) is 0 Å². The number of hydrogen-bond acceptors (Lipinski definition) is 0. The first-order valence-corrected chi connectivity index (χ1v) is 8.45. The van der Waals surface area contributed by atoms with Gasteiger partial charge < -0.3 is 0 Å². The van der Waals surface area contributed by atoms with Crippen molar-refractivity contribution >= 4 is 0 Å².